The van der Waals surface area contributed by atoms with E-state index in [-0.39, 0.29) is 18.0 Å². The van der Waals surface area contributed by atoms with Crippen molar-refractivity contribution in [2.24, 2.45) is 7.05 Å². The lowest BCUT2D eigenvalue weighted by molar-refractivity contribution is -0.121. The Kier molecular flexibility index (Phi) is 5.09. The first-order chi connectivity index (χ1) is 8.00. The number of carbonyl (C=O) groups excluding carboxylic acids is 1. The smallest absolute Gasteiger partial charge is 0.221 e. The number of aromatic nitrogens is 3. The molecule has 0 aliphatic heterocycles. The number of hydrogen-bond donors (Lipinski definition) is 2. The molecule has 0 aromatic carbocycles. The number of rotatable bonds is 6. The van der Waals surface area contributed by atoms with Crippen molar-refractivity contribution in [2.45, 2.75) is 39.3 Å². The highest BCUT2D eigenvalue weighted by atomic mass is 16.1. The molecule has 0 aliphatic carbocycles. The monoisotopic (exact) mass is 239 g/mol. The van der Waals surface area contributed by atoms with Gasteiger partial charge in [-0.1, -0.05) is 0 Å². The lowest BCUT2D eigenvalue weighted by Crippen LogP contribution is -2.33. The van der Waals surface area contributed by atoms with Crippen LogP contribution in [0.1, 0.15) is 39.1 Å². The summed E-state index contributed by atoms with van der Waals surface area (Å²) in [6.45, 7) is 6.54. The first kappa shape index (κ1) is 13.6. The maximum Gasteiger partial charge on any atom is 0.221 e. The fraction of sp³-hybridized carbons (Fsp3) is 0.727. The molecule has 1 unspecified atom stereocenters. The minimum absolute atomic E-state index is 0.0673. The summed E-state index contributed by atoms with van der Waals surface area (Å²) in [4.78, 5) is 11.4. The van der Waals surface area contributed by atoms with Crippen LogP contribution in [0.5, 0.6) is 0 Å². The molecule has 96 valence electrons. The highest BCUT2D eigenvalue weighted by Gasteiger charge is 2.11. The Bertz CT molecular complexity index is 360. The number of nitrogens with one attached hydrogen (secondary N) is 2. The normalized spacial score (nSPS) is 12.8. The zero-order chi connectivity index (χ0) is 12.8. The molecule has 1 aromatic heterocycles. The maximum absolute atomic E-state index is 11.4. The molecule has 0 bridgehead atoms. The zero-order valence-corrected chi connectivity index (χ0v) is 10.9. The average molecular weight is 239 g/mol. The van der Waals surface area contributed by atoms with Gasteiger partial charge in [-0.15, -0.1) is 10.2 Å². The third kappa shape index (κ3) is 4.52. The Morgan fingerprint density at radius 3 is 2.71 bits per heavy atom. The van der Waals surface area contributed by atoms with Crippen molar-refractivity contribution in [3.8, 4) is 0 Å². The minimum Gasteiger partial charge on any atom is -0.354 e. The van der Waals surface area contributed by atoms with Crippen LogP contribution in [0.15, 0.2) is 6.33 Å². The highest BCUT2D eigenvalue weighted by Crippen LogP contribution is 2.06. The SMILES string of the molecule is CC(C)NC(=O)CCNC(C)c1nncn1C. The van der Waals surface area contributed by atoms with Crippen LogP contribution < -0.4 is 10.6 Å². The van der Waals surface area contributed by atoms with Crippen molar-refractivity contribution in [1.82, 2.24) is 25.4 Å². The van der Waals surface area contributed by atoms with Gasteiger partial charge in [0.25, 0.3) is 0 Å². The van der Waals surface area contributed by atoms with Gasteiger partial charge in [0.2, 0.25) is 5.91 Å². The predicted octanol–water partition coefficient (Wildman–Crippen LogP) is 0.380. The Labute approximate surface area is 102 Å². The summed E-state index contributed by atoms with van der Waals surface area (Å²) < 4.78 is 1.87. The van der Waals surface area contributed by atoms with Crippen molar-refractivity contribution in [3.63, 3.8) is 0 Å². The summed E-state index contributed by atoms with van der Waals surface area (Å²) in [5.74, 6) is 0.937. The van der Waals surface area contributed by atoms with Gasteiger partial charge in [-0.2, -0.15) is 0 Å². The Hall–Kier alpha value is -1.43. The zero-order valence-electron chi connectivity index (χ0n) is 10.9. The molecule has 0 saturated carbocycles. The second-order valence-corrected chi connectivity index (χ2v) is 4.45. The Balaban J connectivity index is 2.27. The summed E-state index contributed by atoms with van der Waals surface area (Å²) in [5, 5.41) is 13.9. The van der Waals surface area contributed by atoms with Gasteiger partial charge in [0.15, 0.2) is 0 Å². The van der Waals surface area contributed by atoms with Crippen molar-refractivity contribution in [2.75, 3.05) is 6.54 Å². The fourth-order valence-corrected chi connectivity index (χ4v) is 1.57. The molecule has 17 heavy (non-hydrogen) atoms. The van der Waals surface area contributed by atoms with E-state index in [1.54, 1.807) is 6.33 Å². The molecule has 1 amide bonds. The molecule has 0 aliphatic rings. The van der Waals surface area contributed by atoms with E-state index in [2.05, 4.69) is 20.8 Å². The summed E-state index contributed by atoms with van der Waals surface area (Å²) in [5.41, 5.74) is 0. The minimum atomic E-state index is 0.0673. The van der Waals surface area contributed by atoms with E-state index >= 15 is 0 Å². The number of carbonyl (C=O) groups is 1. The molecule has 0 radical (unpaired) electrons. The Morgan fingerprint density at radius 2 is 2.18 bits per heavy atom. The number of nitrogens with zero attached hydrogens (tertiary/aromatic N) is 3. The van der Waals surface area contributed by atoms with Crippen LogP contribution in [0.2, 0.25) is 0 Å². The van der Waals surface area contributed by atoms with E-state index in [4.69, 9.17) is 0 Å². The van der Waals surface area contributed by atoms with Crippen molar-refractivity contribution in [3.05, 3.63) is 12.2 Å². The van der Waals surface area contributed by atoms with Gasteiger partial charge in [-0.25, -0.2) is 0 Å². The van der Waals surface area contributed by atoms with E-state index in [0.717, 1.165) is 5.82 Å². The van der Waals surface area contributed by atoms with Gasteiger partial charge in [-0.3, -0.25) is 4.79 Å². The van der Waals surface area contributed by atoms with Crippen LogP contribution in [-0.2, 0) is 11.8 Å². The molecule has 1 aromatic rings. The van der Waals surface area contributed by atoms with Crippen molar-refractivity contribution in [1.29, 1.82) is 0 Å². The number of aryl methyl sites for hydroxylation is 1. The Morgan fingerprint density at radius 1 is 1.47 bits per heavy atom. The molecular weight excluding hydrogens is 218 g/mol. The van der Waals surface area contributed by atoms with E-state index in [1.165, 1.54) is 0 Å². The fourth-order valence-electron chi connectivity index (χ4n) is 1.57. The topological polar surface area (TPSA) is 71.8 Å². The molecular formula is C11H21N5O. The standard InChI is InChI=1S/C11H21N5O/c1-8(2)14-10(17)5-6-12-9(3)11-15-13-7-16(11)4/h7-9,12H,5-6H2,1-4H3,(H,14,17). The van der Waals surface area contributed by atoms with Crippen molar-refractivity contribution < 1.29 is 4.79 Å². The van der Waals surface area contributed by atoms with Gasteiger partial charge in [-0.05, 0) is 20.8 Å². The molecule has 0 saturated heterocycles. The summed E-state index contributed by atoms with van der Waals surface area (Å²) >= 11 is 0. The third-order valence-corrected chi connectivity index (χ3v) is 2.39. The molecule has 1 heterocycles. The van der Waals surface area contributed by atoms with E-state index in [0.29, 0.717) is 13.0 Å². The summed E-state index contributed by atoms with van der Waals surface area (Å²) in [6.07, 6.45) is 2.14. The molecule has 1 rings (SSSR count). The van der Waals surface area contributed by atoms with Crippen molar-refractivity contribution >= 4 is 5.91 Å². The highest BCUT2D eigenvalue weighted by molar-refractivity contribution is 5.76. The van der Waals surface area contributed by atoms with Gasteiger partial charge < -0.3 is 15.2 Å². The first-order valence-corrected chi connectivity index (χ1v) is 5.87. The molecule has 0 spiro atoms. The first-order valence-electron chi connectivity index (χ1n) is 5.87. The average Bonchev–Trinajstić information content (AvgIpc) is 2.63. The molecule has 2 N–H and O–H groups in total. The van der Waals surface area contributed by atoms with Crippen LogP contribution in [0, 0.1) is 0 Å². The molecule has 1 atom stereocenters. The lowest BCUT2D eigenvalue weighted by Gasteiger charge is -2.13. The quantitative estimate of drug-likeness (QED) is 0.753. The van der Waals surface area contributed by atoms with E-state index < -0.39 is 0 Å². The van der Waals surface area contributed by atoms with Gasteiger partial charge in [0.1, 0.15) is 12.2 Å². The van der Waals surface area contributed by atoms with Crippen LogP contribution in [0.3, 0.4) is 0 Å². The van der Waals surface area contributed by atoms with Gasteiger partial charge in [0.05, 0.1) is 6.04 Å². The number of hydrogen-bond acceptors (Lipinski definition) is 4. The van der Waals surface area contributed by atoms with E-state index in [9.17, 15) is 4.79 Å². The maximum atomic E-state index is 11.4. The summed E-state index contributed by atoms with van der Waals surface area (Å²) in [6, 6.07) is 0.285. The second kappa shape index (κ2) is 6.34. The summed E-state index contributed by atoms with van der Waals surface area (Å²) in [7, 11) is 1.90. The predicted molar refractivity (Wildman–Crippen MR) is 65.3 cm³/mol. The van der Waals surface area contributed by atoms with Crippen LogP contribution in [0.4, 0.5) is 0 Å². The van der Waals surface area contributed by atoms with Crippen LogP contribution in [0.25, 0.3) is 0 Å². The molecule has 6 nitrogen and oxygen atoms in total. The molecule has 6 heteroatoms. The lowest BCUT2D eigenvalue weighted by atomic mass is 10.3. The second-order valence-electron chi connectivity index (χ2n) is 4.45. The van der Waals surface area contributed by atoms with Crippen LogP contribution >= 0.6 is 0 Å². The largest absolute Gasteiger partial charge is 0.354 e. The van der Waals surface area contributed by atoms with Gasteiger partial charge >= 0.3 is 0 Å². The third-order valence-electron chi connectivity index (χ3n) is 2.39. The van der Waals surface area contributed by atoms with E-state index in [1.807, 2.05) is 32.4 Å². The molecule has 0 fully saturated rings. The van der Waals surface area contributed by atoms with Crippen LogP contribution in [-0.4, -0.2) is 33.3 Å². The van der Waals surface area contributed by atoms with Gasteiger partial charge in [0, 0.05) is 26.1 Å². The number of amides is 1.